The normalized spacial score (nSPS) is 10.5. The molecule has 0 fully saturated rings. The van der Waals surface area contributed by atoms with E-state index in [2.05, 4.69) is 0 Å². The van der Waals surface area contributed by atoms with E-state index in [1.54, 1.807) is 23.9 Å². The number of ether oxygens (including phenoxy) is 1. The van der Waals surface area contributed by atoms with Gasteiger partial charge >= 0.3 is 5.97 Å². The van der Waals surface area contributed by atoms with Crippen LogP contribution in [0.4, 0.5) is 0 Å². The zero-order chi connectivity index (χ0) is 13.0. The van der Waals surface area contributed by atoms with E-state index in [4.69, 9.17) is 4.74 Å². The van der Waals surface area contributed by atoms with Crippen molar-refractivity contribution in [3.05, 3.63) is 42.0 Å². The van der Waals surface area contributed by atoms with Gasteiger partial charge in [0.15, 0.2) is 0 Å². The van der Waals surface area contributed by atoms with E-state index >= 15 is 0 Å². The molecular weight excluding hydrogens is 248 g/mol. The maximum absolute atomic E-state index is 11.2. The number of hydrogen-bond donors (Lipinski definition) is 1. The van der Waals surface area contributed by atoms with Crippen molar-refractivity contribution in [1.29, 1.82) is 0 Å². The maximum atomic E-state index is 11.2. The Morgan fingerprint density at radius 3 is 2.56 bits per heavy atom. The predicted octanol–water partition coefficient (Wildman–Crippen LogP) is 3.28. The molecule has 0 spiro atoms. The molecule has 18 heavy (non-hydrogen) atoms. The number of aromatic carboxylic acids is 1. The Bertz CT molecular complexity index is 566. The van der Waals surface area contributed by atoms with Crippen LogP contribution in [0.3, 0.4) is 0 Å². The highest BCUT2D eigenvalue weighted by atomic mass is 32.2. The van der Waals surface area contributed by atoms with Crippen molar-refractivity contribution in [3.8, 4) is 5.75 Å². The van der Waals surface area contributed by atoms with Gasteiger partial charge in [-0.1, -0.05) is 24.3 Å². The molecule has 2 rings (SSSR count). The van der Waals surface area contributed by atoms with E-state index in [9.17, 15) is 9.90 Å². The zero-order valence-corrected chi connectivity index (χ0v) is 10.9. The monoisotopic (exact) mass is 262 g/mol. The molecule has 2 aromatic carbocycles. The van der Waals surface area contributed by atoms with E-state index in [-0.39, 0.29) is 5.56 Å². The van der Waals surface area contributed by atoms with Crippen LogP contribution in [0.1, 0.15) is 10.4 Å². The number of carboxylic acid groups (broad SMARTS) is 1. The van der Waals surface area contributed by atoms with Crippen molar-refractivity contribution in [2.75, 3.05) is 18.6 Å². The van der Waals surface area contributed by atoms with E-state index in [0.29, 0.717) is 12.4 Å². The van der Waals surface area contributed by atoms with Crippen LogP contribution in [-0.2, 0) is 0 Å². The van der Waals surface area contributed by atoms with Gasteiger partial charge in [-0.25, -0.2) is 4.79 Å². The molecular formula is C14H14O3S. The highest BCUT2D eigenvalue weighted by molar-refractivity contribution is 7.98. The minimum Gasteiger partial charge on any atom is -0.492 e. The van der Waals surface area contributed by atoms with E-state index in [0.717, 1.165) is 16.5 Å². The van der Waals surface area contributed by atoms with Gasteiger partial charge in [-0.2, -0.15) is 11.8 Å². The summed E-state index contributed by atoms with van der Waals surface area (Å²) in [4.78, 5) is 11.2. The molecule has 1 N–H and O–H groups in total. The quantitative estimate of drug-likeness (QED) is 0.840. The van der Waals surface area contributed by atoms with Gasteiger partial charge in [0.1, 0.15) is 11.3 Å². The lowest BCUT2D eigenvalue weighted by atomic mass is 10.1. The van der Waals surface area contributed by atoms with Crippen LogP contribution in [0.15, 0.2) is 36.4 Å². The summed E-state index contributed by atoms with van der Waals surface area (Å²) in [6, 6.07) is 11.1. The minimum absolute atomic E-state index is 0.217. The summed E-state index contributed by atoms with van der Waals surface area (Å²) >= 11 is 1.67. The second-order valence-electron chi connectivity index (χ2n) is 3.84. The molecule has 4 heteroatoms. The molecule has 0 aliphatic carbocycles. The van der Waals surface area contributed by atoms with E-state index < -0.39 is 5.97 Å². The molecule has 0 saturated heterocycles. The molecule has 3 nitrogen and oxygen atoms in total. The molecule has 0 aliphatic rings. The number of hydrogen-bond acceptors (Lipinski definition) is 3. The number of fused-ring (bicyclic) bond motifs is 1. The van der Waals surface area contributed by atoms with Gasteiger partial charge in [-0.3, -0.25) is 0 Å². The van der Waals surface area contributed by atoms with Gasteiger partial charge in [-0.15, -0.1) is 0 Å². The lowest BCUT2D eigenvalue weighted by Gasteiger charge is -2.10. The fraction of sp³-hybridized carbons (Fsp3) is 0.214. The second kappa shape index (κ2) is 5.78. The SMILES string of the molecule is CSCCOc1cc2ccccc2cc1C(=O)O. The minimum atomic E-state index is -0.958. The lowest BCUT2D eigenvalue weighted by molar-refractivity contribution is 0.0693. The van der Waals surface area contributed by atoms with Gasteiger partial charge < -0.3 is 9.84 Å². The van der Waals surface area contributed by atoms with Crippen molar-refractivity contribution in [2.45, 2.75) is 0 Å². The average Bonchev–Trinajstić information content (AvgIpc) is 2.38. The summed E-state index contributed by atoms with van der Waals surface area (Å²) in [6.07, 6.45) is 1.99. The average molecular weight is 262 g/mol. The third kappa shape index (κ3) is 2.76. The first-order valence-corrected chi connectivity index (χ1v) is 6.99. The summed E-state index contributed by atoms with van der Waals surface area (Å²) in [5.41, 5.74) is 0.217. The van der Waals surface area contributed by atoms with Gasteiger partial charge in [0.25, 0.3) is 0 Å². The van der Waals surface area contributed by atoms with Crippen LogP contribution in [0.25, 0.3) is 10.8 Å². The van der Waals surface area contributed by atoms with Crippen molar-refractivity contribution < 1.29 is 14.6 Å². The standard InChI is InChI=1S/C14H14O3S/c1-18-7-6-17-13-9-11-5-3-2-4-10(11)8-12(13)14(15)16/h2-5,8-9H,6-7H2,1H3,(H,15,16). The fourth-order valence-electron chi connectivity index (χ4n) is 1.74. The van der Waals surface area contributed by atoms with Crippen LogP contribution in [0.5, 0.6) is 5.75 Å². The largest absolute Gasteiger partial charge is 0.492 e. The summed E-state index contributed by atoms with van der Waals surface area (Å²) in [5.74, 6) is 0.321. The Morgan fingerprint density at radius 2 is 1.94 bits per heavy atom. The Morgan fingerprint density at radius 1 is 1.28 bits per heavy atom. The van der Waals surface area contributed by atoms with Crippen molar-refractivity contribution in [3.63, 3.8) is 0 Å². The van der Waals surface area contributed by atoms with Crippen molar-refractivity contribution >= 4 is 28.5 Å². The molecule has 0 saturated carbocycles. The topological polar surface area (TPSA) is 46.5 Å². The predicted molar refractivity (Wildman–Crippen MR) is 74.8 cm³/mol. The molecule has 2 aromatic rings. The number of rotatable bonds is 5. The third-order valence-electron chi connectivity index (χ3n) is 2.62. The molecule has 0 aliphatic heterocycles. The molecule has 0 heterocycles. The van der Waals surface area contributed by atoms with Crippen LogP contribution in [-0.4, -0.2) is 29.7 Å². The highest BCUT2D eigenvalue weighted by Gasteiger charge is 2.12. The Kier molecular flexibility index (Phi) is 4.10. The second-order valence-corrected chi connectivity index (χ2v) is 4.83. The Balaban J connectivity index is 2.41. The van der Waals surface area contributed by atoms with Crippen LogP contribution >= 0.6 is 11.8 Å². The fourth-order valence-corrected chi connectivity index (χ4v) is 1.99. The number of carbonyl (C=O) groups is 1. The Hall–Kier alpha value is -1.68. The van der Waals surface area contributed by atoms with E-state index in [1.165, 1.54) is 0 Å². The number of benzene rings is 2. The molecule has 0 unspecified atom stereocenters. The smallest absolute Gasteiger partial charge is 0.339 e. The van der Waals surface area contributed by atoms with Gasteiger partial charge in [0.05, 0.1) is 6.61 Å². The molecule has 0 bridgehead atoms. The first-order valence-electron chi connectivity index (χ1n) is 5.60. The van der Waals surface area contributed by atoms with Crippen LogP contribution < -0.4 is 4.74 Å². The summed E-state index contributed by atoms with van der Waals surface area (Å²) in [5, 5.41) is 11.1. The number of carboxylic acids is 1. The zero-order valence-electron chi connectivity index (χ0n) is 10.1. The lowest BCUT2D eigenvalue weighted by Crippen LogP contribution is -2.06. The molecule has 0 radical (unpaired) electrons. The van der Waals surface area contributed by atoms with Crippen molar-refractivity contribution in [1.82, 2.24) is 0 Å². The van der Waals surface area contributed by atoms with Crippen LogP contribution in [0.2, 0.25) is 0 Å². The maximum Gasteiger partial charge on any atom is 0.339 e. The molecule has 0 amide bonds. The summed E-state index contributed by atoms with van der Waals surface area (Å²) in [6.45, 7) is 0.514. The summed E-state index contributed by atoms with van der Waals surface area (Å²) < 4.78 is 5.55. The molecule has 0 aromatic heterocycles. The van der Waals surface area contributed by atoms with Crippen LogP contribution in [0, 0.1) is 0 Å². The first kappa shape index (κ1) is 12.8. The molecule has 94 valence electrons. The summed E-state index contributed by atoms with van der Waals surface area (Å²) in [7, 11) is 0. The van der Waals surface area contributed by atoms with Gasteiger partial charge in [0, 0.05) is 5.75 Å². The van der Waals surface area contributed by atoms with E-state index in [1.807, 2.05) is 30.5 Å². The van der Waals surface area contributed by atoms with Crippen molar-refractivity contribution in [2.24, 2.45) is 0 Å². The van der Waals surface area contributed by atoms with Gasteiger partial charge in [0.2, 0.25) is 0 Å². The Labute approximate surface area is 110 Å². The first-order chi connectivity index (χ1) is 8.72. The van der Waals surface area contributed by atoms with Gasteiger partial charge in [-0.05, 0) is 29.2 Å². The third-order valence-corrected chi connectivity index (χ3v) is 3.20. The highest BCUT2D eigenvalue weighted by Crippen LogP contribution is 2.26. The molecule has 0 atom stereocenters. The number of thioether (sulfide) groups is 1.